The van der Waals surface area contributed by atoms with Crippen LogP contribution in [0.4, 0.5) is 16.2 Å². The number of barbiturate groups is 1. The highest BCUT2D eigenvalue weighted by Crippen LogP contribution is 2.42. The van der Waals surface area contributed by atoms with Crippen molar-refractivity contribution in [2.24, 2.45) is 0 Å². The van der Waals surface area contributed by atoms with Crippen molar-refractivity contribution >= 4 is 68.4 Å². The second kappa shape index (κ2) is 9.28. The Morgan fingerprint density at radius 2 is 1.80 bits per heavy atom. The summed E-state index contributed by atoms with van der Waals surface area (Å²) in [5.74, 6) is -1.44. The van der Waals surface area contributed by atoms with Crippen molar-refractivity contribution in [2.75, 3.05) is 16.3 Å². The average Bonchev–Trinajstić information content (AvgIpc) is 2.75. The molecule has 2 heterocycles. The van der Waals surface area contributed by atoms with Crippen LogP contribution in [0, 0.1) is 6.92 Å². The van der Waals surface area contributed by atoms with Crippen molar-refractivity contribution in [1.29, 1.82) is 0 Å². The van der Waals surface area contributed by atoms with Gasteiger partial charge in [0, 0.05) is 27.3 Å². The molecule has 8 heteroatoms. The summed E-state index contributed by atoms with van der Waals surface area (Å²) in [6.45, 7) is 11.2. The number of amides is 4. The molecule has 1 fully saturated rings. The lowest BCUT2D eigenvalue weighted by Gasteiger charge is -2.43. The van der Waals surface area contributed by atoms with Gasteiger partial charge in [0.05, 0.1) is 11.2 Å². The Balaban J connectivity index is 1.80. The fraction of sp³-hybridized carbons (Fsp3) is 0.296. The lowest BCUT2D eigenvalue weighted by Crippen LogP contribution is -2.54. The van der Waals surface area contributed by atoms with Gasteiger partial charge < -0.3 is 4.90 Å². The number of hydrogen-bond acceptors (Lipinski definition) is 4. The molecule has 35 heavy (non-hydrogen) atoms. The highest BCUT2D eigenvalue weighted by Gasteiger charge is 2.38. The molecule has 0 saturated carbocycles. The maximum atomic E-state index is 13.4. The molecule has 0 bridgehead atoms. The van der Waals surface area contributed by atoms with E-state index in [1.165, 1.54) is 6.08 Å². The molecule has 1 saturated heterocycles. The third-order valence-corrected chi connectivity index (χ3v) is 7.17. The van der Waals surface area contributed by atoms with Crippen LogP contribution in [0.3, 0.4) is 0 Å². The smallest absolute Gasteiger partial charge is 0.335 e. The van der Waals surface area contributed by atoms with Gasteiger partial charge >= 0.3 is 6.03 Å². The normalized spacial score (nSPS) is 18.5. The van der Waals surface area contributed by atoms with Crippen LogP contribution in [0.1, 0.15) is 50.8 Å². The zero-order valence-electron chi connectivity index (χ0n) is 20.3. The van der Waals surface area contributed by atoms with Gasteiger partial charge in [-0.15, -0.1) is 0 Å². The van der Waals surface area contributed by atoms with Gasteiger partial charge in [-0.3, -0.25) is 14.9 Å². The van der Waals surface area contributed by atoms with E-state index in [0.29, 0.717) is 21.8 Å². The first-order chi connectivity index (χ1) is 16.4. The Bertz CT molecular complexity index is 1330. The predicted octanol–water partition coefficient (Wildman–Crippen LogP) is 6.49. The number of anilines is 2. The standard InChI is InChI=1S/C27H27BrClN3O3/c1-6-9-31-23-13-21(29)17(11-19(23)16(3)14-27(31,4)5)12-20-24(33)30-26(35)32(25(20)34)22-8-7-18(28)10-15(22)2/h7-8,10-14H,6,9H2,1-5H3,(H,30,33,35)/b20-12-. The van der Waals surface area contributed by atoms with Gasteiger partial charge in [0.15, 0.2) is 0 Å². The van der Waals surface area contributed by atoms with Crippen molar-refractivity contribution < 1.29 is 14.4 Å². The van der Waals surface area contributed by atoms with E-state index >= 15 is 0 Å². The molecule has 0 radical (unpaired) electrons. The molecule has 0 spiro atoms. The van der Waals surface area contributed by atoms with Gasteiger partial charge in [0.2, 0.25) is 0 Å². The van der Waals surface area contributed by atoms with Crippen LogP contribution < -0.4 is 15.1 Å². The van der Waals surface area contributed by atoms with Gasteiger partial charge in [0.1, 0.15) is 5.57 Å². The van der Waals surface area contributed by atoms with Crippen molar-refractivity contribution in [1.82, 2.24) is 5.32 Å². The Hall–Kier alpha value is -2.90. The highest BCUT2D eigenvalue weighted by atomic mass is 79.9. The van der Waals surface area contributed by atoms with Crippen LogP contribution in [0.2, 0.25) is 5.02 Å². The Labute approximate surface area is 218 Å². The second-order valence-corrected chi connectivity index (χ2v) is 10.7. The molecule has 2 aliphatic heterocycles. The number of fused-ring (bicyclic) bond motifs is 1. The largest absolute Gasteiger partial charge is 0.362 e. The van der Waals surface area contributed by atoms with Crippen molar-refractivity contribution in [2.45, 2.75) is 46.6 Å². The third-order valence-electron chi connectivity index (χ3n) is 6.34. The molecule has 2 aromatic rings. The summed E-state index contributed by atoms with van der Waals surface area (Å²) >= 11 is 10.1. The predicted molar refractivity (Wildman–Crippen MR) is 145 cm³/mol. The number of rotatable bonds is 4. The second-order valence-electron chi connectivity index (χ2n) is 9.41. The fourth-order valence-corrected chi connectivity index (χ4v) is 5.45. The van der Waals surface area contributed by atoms with E-state index in [2.05, 4.69) is 53.0 Å². The molecule has 6 nitrogen and oxygen atoms in total. The minimum absolute atomic E-state index is 0.156. The Kier molecular flexibility index (Phi) is 6.68. The summed E-state index contributed by atoms with van der Waals surface area (Å²) in [5, 5.41) is 2.70. The number of nitrogens with one attached hydrogen (secondary N) is 1. The van der Waals surface area contributed by atoms with Crippen LogP contribution in [0.25, 0.3) is 11.6 Å². The van der Waals surface area contributed by atoms with Crippen LogP contribution >= 0.6 is 27.5 Å². The molecule has 182 valence electrons. The maximum absolute atomic E-state index is 13.4. The highest BCUT2D eigenvalue weighted by molar-refractivity contribution is 9.10. The zero-order chi connectivity index (χ0) is 25.7. The van der Waals surface area contributed by atoms with Crippen molar-refractivity contribution in [3.05, 3.63) is 68.2 Å². The zero-order valence-corrected chi connectivity index (χ0v) is 22.7. The van der Waals surface area contributed by atoms with E-state index in [0.717, 1.165) is 39.2 Å². The van der Waals surface area contributed by atoms with E-state index in [4.69, 9.17) is 11.6 Å². The van der Waals surface area contributed by atoms with Gasteiger partial charge in [0.25, 0.3) is 11.8 Å². The number of halogens is 2. The summed E-state index contributed by atoms with van der Waals surface area (Å²) in [6.07, 6.45) is 4.66. The quantitative estimate of drug-likeness (QED) is 0.345. The molecule has 1 N–H and O–H groups in total. The molecular formula is C27H27BrClN3O3. The van der Waals surface area contributed by atoms with Gasteiger partial charge in [-0.2, -0.15) is 0 Å². The molecule has 0 unspecified atom stereocenters. The van der Waals surface area contributed by atoms with E-state index in [1.54, 1.807) is 25.1 Å². The van der Waals surface area contributed by atoms with E-state index in [1.807, 2.05) is 19.1 Å². The SMILES string of the molecule is CCCN1c2cc(Cl)c(/C=C3/C(=O)NC(=O)N(c4ccc(Br)cc4C)C3=O)cc2C(C)=CC1(C)C. The van der Waals surface area contributed by atoms with Crippen LogP contribution in [0.15, 0.2) is 46.5 Å². The average molecular weight is 557 g/mol. The number of imide groups is 2. The molecular weight excluding hydrogens is 530 g/mol. The summed E-state index contributed by atoms with van der Waals surface area (Å²) in [5.41, 5.74) is 4.44. The Morgan fingerprint density at radius 1 is 1.09 bits per heavy atom. The van der Waals surface area contributed by atoms with E-state index in [9.17, 15) is 14.4 Å². The number of allylic oxidation sites excluding steroid dienone is 1. The number of carbonyl (C=O) groups excluding carboxylic acids is 3. The van der Waals surface area contributed by atoms with E-state index in [-0.39, 0.29) is 11.1 Å². The van der Waals surface area contributed by atoms with Crippen LogP contribution in [0.5, 0.6) is 0 Å². The summed E-state index contributed by atoms with van der Waals surface area (Å²) < 4.78 is 0.819. The van der Waals surface area contributed by atoms with Crippen LogP contribution in [-0.4, -0.2) is 29.9 Å². The van der Waals surface area contributed by atoms with Crippen molar-refractivity contribution in [3.63, 3.8) is 0 Å². The third kappa shape index (κ3) is 4.55. The van der Waals surface area contributed by atoms with Gasteiger partial charge in [-0.1, -0.05) is 40.5 Å². The number of benzene rings is 2. The topological polar surface area (TPSA) is 69.7 Å². The first-order valence-electron chi connectivity index (χ1n) is 11.4. The summed E-state index contributed by atoms with van der Waals surface area (Å²) in [6, 6.07) is 8.21. The minimum atomic E-state index is -0.782. The lowest BCUT2D eigenvalue weighted by atomic mass is 9.87. The number of carbonyl (C=O) groups is 3. The first-order valence-corrected chi connectivity index (χ1v) is 12.6. The van der Waals surface area contributed by atoms with Gasteiger partial charge in [-0.05, 0) is 87.2 Å². The monoisotopic (exact) mass is 555 g/mol. The van der Waals surface area contributed by atoms with Gasteiger partial charge in [-0.25, -0.2) is 9.69 Å². The lowest BCUT2D eigenvalue weighted by molar-refractivity contribution is -0.122. The molecule has 2 aromatic carbocycles. The Morgan fingerprint density at radius 3 is 2.46 bits per heavy atom. The van der Waals surface area contributed by atoms with E-state index < -0.39 is 17.8 Å². The fourth-order valence-electron chi connectivity index (χ4n) is 4.76. The molecule has 0 atom stereocenters. The number of hydrogen-bond donors (Lipinski definition) is 1. The first kappa shape index (κ1) is 25.2. The van der Waals surface area contributed by atoms with Crippen LogP contribution in [-0.2, 0) is 9.59 Å². The summed E-state index contributed by atoms with van der Waals surface area (Å²) in [4.78, 5) is 42.0. The maximum Gasteiger partial charge on any atom is 0.335 e. The number of nitrogens with zero attached hydrogens (tertiary/aromatic N) is 2. The molecule has 4 amide bonds. The summed E-state index contributed by atoms with van der Waals surface area (Å²) in [7, 11) is 0. The number of urea groups is 1. The molecule has 0 aliphatic carbocycles. The molecule has 0 aromatic heterocycles. The van der Waals surface area contributed by atoms with Crippen molar-refractivity contribution in [3.8, 4) is 0 Å². The minimum Gasteiger partial charge on any atom is -0.362 e. The molecule has 2 aliphatic rings. The molecule has 4 rings (SSSR count). The number of aryl methyl sites for hydroxylation is 1.